The van der Waals surface area contributed by atoms with Crippen LogP contribution >= 0.6 is 0 Å². The highest BCUT2D eigenvalue weighted by Gasteiger charge is 2.03. The zero-order chi connectivity index (χ0) is 11.1. The third-order valence-electron chi connectivity index (χ3n) is 2.29. The summed E-state index contributed by atoms with van der Waals surface area (Å²) in [6, 6.07) is 0. The number of hydrogen-bond acceptors (Lipinski definition) is 3. The Morgan fingerprint density at radius 2 is 2.47 bits per heavy atom. The molecule has 4 nitrogen and oxygen atoms in total. The van der Waals surface area contributed by atoms with Gasteiger partial charge in [-0.1, -0.05) is 6.08 Å². The van der Waals surface area contributed by atoms with Crippen LogP contribution in [0, 0.1) is 0 Å². The van der Waals surface area contributed by atoms with Crippen LogP contribution in [0.15, 0.2) is 25.0 Å². The standard InChI is InChI=1S/C11H20N4/c1-4-5-12-6-8-14(2)10-11-13-7-9-15(11)3/h4,7,9,12H,1,5-6,8,10H2,2-3H3. The molecule has 0 saturated carbocycles. The first-order valence-corrected chi connectivity index (χ1v) is 5.20. The van der Waals surface area contributed by atoms with E-state index in [1.54, 1.807) is 0 Å². The summed E-state index contributed by atoms with van der Waals surface area (Å²) in [6.45, 7) is 7.41. The first kappa shape index (κ1) is 11.9. The third kappa shape index (κ3) is 4.27. The van der Waals surface area contributed by atoms with E-state index in [0.29, 0.717) is 0 Å². The molecule has 1 heterocycles. The molecule has 0 unspecified atom stereocenters. The lowest BCUT2D eigenvalue weighted by molar-refractivity contribution is 0.315. The summed E-state index contributed by atoms with van der Waals surface area (Å²) in [5.74, 6) is 1.10. The van der Waals surface area contributed by atoms with Gasteiger partial charge in [-0.25, -0.2) is 4.98 Å². The molecule has 1 N–H and O–H groups in total. The van der Waals surface area contributed by atoms with Crippen LogP contribution in [0.25, 0.3) is 0 Å². The number of likely N-dealkylation sites (N-methyl/N-ethyl adjacent to an activating group) is 1. The van der Waals surface area contributed by atoms with E-state index in [9.17, 15) is 0 Å². The number of nitrogens with one attached hydrogen (secondary N) is 1. The fourth-order valence-electron chi connectivity index (χ4n) is 1.34. The molecule has 84 valence electrons. The second-order valence-corrected chi connectivity index (χ2v) is 3.68. The van der Waals surface area contributed by atoms with Crippen LogP contribution < -0.4 is 5.32 Å². The number of imidazole rings is 1. The lowest BCUT2D eigenvalue weighted by Gasteiger charge is -2.16. The van der Waals surface area contributed by atoms with Gasteiger partial charge in [-0.3, -0.25) is 4.90 Å². The van der Waals surface area contributed by atoms with Crippen LogP contribution in [0.4, 0.5) is 0 Å². The van der Waals surface area contributed by atoms with Crippen molar-refractivity contribution < 1.29 is 0 Å². The lowest BCUT2D eigenvalue weighted by atomic mass is 10.4. The topological polar surface area (TPSA) is 33.1 Å². The van der Waals surface area contributed by atoms with Crippen molar-refractivity contribution in [3.05, 3.63) is 30.9 Å². The van der Waals surface area contributed by atoms with E-state index >= 15 is 0 Å². The fourth-order valence-corrected chi connectivity index (χ4v) is 1.34. The molecule has 0 aliphatic rings. The minimum atomic E-state index is 0.871. The number of hydrogen-bond donors (Lipinski definition) is 1. The fraction of sp³-hybridized carbons (Fsp3) is 0.545. The molecule has 4 heteroatoms. The van der Waals surface area contributed by atoms with Gasteiger partial charge in [-0.15, -0.1) is 6.58 Å². The maximum atomic E-state index is 4.28. The van der Waals surface area contributed by atoms with Gasteiger partial charge < -0.3 is 9.88 Å². The molecule has 1 aromatic rings. The summed E-state index contributed by atoms with van der Waals surface area (Å²) in [4.78, 5) is 6.53. The van der Waals surface area contributed by atoms with E-state index in [-0.39, 0.29) is 0 Å². The highest BCUT2D eigenvalue weighted by atomic mass is 15.2. The summed E-state index contributed by atoms with van der Waals surface area (Å²) in [5, 5.41) is 3.27. The first-order valence-electron chi connectivity index (χ1n) is 5.20. The molecule has 0 atom stereocenters. The normalized spacial score (nSPS) is 10.9. The summed E-state index contributed by atoms with van der Waals surface area (Å²) < 4.78 is 2.05. The summed E-state index contributed by atoms with van der Waals surface area (Å²) in [6.07, 6.45) is 5.68. The van der Waals surface area contributed by atoms with E-state index in [4.69, 9.17) is 0 Å². The SMILES string of the molecule is C=CCNCCN(C)Cc1nccn1C. The number of rotatable bonds is 7. The van der Waals surface area contributed by atoms with Crippen molar-refractivity contribution in [3.63, 3.8) is 0 Å². The lowest BCUT2D eigenvalue weighted by Crippen LogP contribution is -2.29. The predicted octanol–water partition coefficient (Wildman–Crippen LogP) is 0.627. The van der Waals surface area contributed by atoms with E-state index in [1.165, 1.54) is 0 Å². The molecule has 0 radical (unpaired) electrons. The van der Waals surface area contributed by atoms with Gasteiger partial charge in [0.15, 0.2) is 0 Å². The Hall–Kier alpha value is -1.13. The van der Waals surface area contributed by atoms with E-state index in [1.807, 2.05) is 30.1 Å². The van der Waals surface area contributed by atoms with Gasteiger partial charge in [0, 0.05) is 39.1 Å². The van der Waals surface area contributed by atoms with Crippen LogP contribution in [0.2, 0.25) is 0 Å². The minimum Gasteiger partial charge on any atom is -0.337 e. The van der Waals surface area contributed by atoms with E-state index in [0.717, 1.165) is 32.0 Å². The molecule has 0 bridgehead atoms. The van der Waals surface area contributed by atoms with Crippen LogP contribution in [0.3, 0.4) is 0 Å². The van der Waals surface area contributed by atoms with Crippen LogP contribution in [0.1, 0.15) is 5.82 Å². The smallest absolute Gasteiger partial charge is 0.122 e. The van der Waals surface area contributed by atoms with E-state index < -0.39 is 0 Å². The number of aromatic nitrogens is 2. The molecular weight excluding hydrogens is 188 g/mol. The Kier molecular flexibility index (Phi) is 5.07. The maximum Gasteiger partial charge on any atom is 0.122 e. The van der Waals surface area contributed by atoms with Crippen molar-refractivity contribution in [2.75, 3.05) is 26.7 Å². The highest BCUT2D eigenvalue weighted by Crippen LogP contribution is 1.98. The second kappa shape index (κ2) is 6.37. The average Bonchev–Trinajstić information content (AvgIpc) is 2.59. The maximum absolute atomic E-state index is 4.28. The molecule has 0 amide bonds. The molecule has 0 saturated heterocycles. The van der Waals surface area contributed by atoms with Crippen molar-refractivity contribution in [2.24, 2.45) is 7.05 Å². The molecule has 0 aliphatic heterocycles. The van der Waals surface area contributed by atoms with E-state index in [2.05, 4.69) is 28.8 Å². The molecule has 1 aromatic heterocycles. The van der Waals surface area contributed by atoms with Crippen molar-refractivity contribution in [1.29, 1.82) is 0 Å². The Morgan fingerprint density at radius 3 is 3.07 bits per heavy atom. The van der Waals surface area contributed by atoms with Gasteiger partial charge in [0.05, 0.1) is 6.54 Å². The summed E-state index contributed by atoms with van der Waals surface area (Å²) in [7, 11) is 4.12. The zero-order valence-corrected chi connectivity index (χ0v) is 9.61. The summed E-state index contributed by atoms with van der Waals surface area (Å²) >= 11 is 0. The van der Waals surface area contributed by atoms with Gasteiger partial charge in [0.1, 0.15) is 5.82 Å². The van der Waals surface area contributed by atoms with Crippen LogP contribution in [0.5, 0.6) is 0 Å². The first-order chi connectivity index (χ1) is 7.24. The Labute approximate surface area is 91.6 Å². The average molecular weight is 208 g/mol. The monoisotopic (exact) mass is 208 g/mol. The Balaban J connectivity index is 2.21. The Bertz CT molecular complexity index is 293. The van der Waals surface area contributed by atoms with Crippen LogP contribution in [-0.4, -0.2) is 41.1 Å². The van der Waals surface area contributed by atoms with Crippen molar-refractivity contribution >= 4 is 0 Å². The molecule has 0 aromatic carbocycles. The van der Waals surface area contributed by atoms with Crippen molar-refractivity contribution in [2.45, 2.75) is 6.54 Å². The predicted molar refractivity (Wildman–Crippen MR) is 62.6 cm³/mol. The molecule has 1 rings (SSSR count). The molecule has 0 fully saturated rings. The number of nitrogens with zero attached hydrogens (tertiary/aromatic N) is 3. The van der Waals surface area contributed by atoms with Crippen LogP contribution in [-0.2, 0) is 13.6 Å². The van der Waals surface area contributed by atoms with Gasteiger partial charge in [-0.05, 0) is 7.05 Å². The second-order valence-electron chi connectivity index (χ2n) is 3.68. The van der Waals surface area contributed by atoms with Gasteiger partial charge in [0.25, 0.3) is 0 Å². The Morgan fingerprint density at radius 1 is 1.67 bits per heavy atom. The molecular formula is C11H20N4. The van der Waals surface area contributed by atoms with Gasteiger partial charge in [0.2, 0.25) is 0 Å². The molecule has 0 spiro atoms. The van der Waals surface area contributed by atoms with Crippen molar-refractivity contribution in [1.82, 2.24) is 19.8 Å². The quantitative estimate of drug-likeness (QED) is 0.527. The largest absolute Gasteiger partial charge is 0.337 e. The molecule has 0 aliphatic carbocycles. The third-order valence-corrected chi connectivity index (χ3v) is 2.29. The summed E-state index contributed by atoms with van der Waals surface area (Å²) in [5.41, 5.74) is 0. The van der Waals surface area contributed by atoms with Gasteiger partial charge in [-0.2, -0.15) is 0 Å². The number of aryl methyl sites for hydroxylation is 1. The minimum absolute atomic E-state index is 0.871. The van der Waals surface area contributed by atoms with Gasteiger partial charge >= 0.3 is 0 Å². The molecule has 15 heavy (non-hydrogen) atoms. The van der Waals surface area contributed by atoms with Crippen molar-refractivity contribution in [3.8, 4) is 0 Å². The highest BCUT2D eigenvalue weighted by molar-refractivity contribution is 4.90. The zero-order valence-electron chi connectivity index (χ0n) is 9.61.